The Kier molecular flexibility index (Phi) is 5.93. The summed E-state index contributed by atoms with van der Waals surface area (Å²) < 4.78 is 28.6. The molecule has 0 unspecified atom stereocenters. The van der Waals surface area contributed by atoms with E-state index in [-0.39, 0.29) is 17.3 Å². The highest BCUT2D eigenvalue weighted by Crippen LogP contribution is 2.26. The lowest BCUT2D eigenvalue weighted by atomic mass is 10.1. The van der Waals surface area contributed by atoms with Crippen molar-refractivity contribution in [2.45, 2.75) is 36.7 Å². The van der Waals surface area contributed by atoms with Crippen molar-refractivity contribution < 1.29 is 13.2 Å². The first-order valence-corrected chi connectivity index (χ1v) is 11.2. The van der Waals surface area contributed by atoms with E-state index in [1.165, 1.54) is 15.6 Å². The zero-order chi connectivity index (χ0) is 17.9. The summed E-state index contributed by atoms with van der Waals surface area (Å²) in [7, 11) is -3.74. The van der Waals surface area contributed by atoms with E-state index in [9.17, 15) is 13.2 Å². The Morgan fingerprint density at radius 2 is 1.96 bits per heavy atom. The van der Waals surface area contributed by atoms with Gasteiger partial charge in [-0.25, -0.2) is 8.42 Å². The van der Waals surface area contributed by atoms with Crippen molar-refractivity contribution in [2.75, 3.05) is 6.54 Å². The van der Waals surface area contributed by atoms with E-state index in [0.717, 1.165) is 22.9 Å². The zero-order valence-corrected chi connectivity index (χ0v) is 16.7. The predicted molar refractivity (Wildman–Crippen MR) is 102 cm³/mol. The summed E-state index contributed by atoms with van der Waals surface area (Å²) in [6.07, 6.45) is 2.22. The van der Waals surface area contributed by atoms with Crippen LogP contribution >= 0.6 is 27.3 Å². The molecule has 0 bridgehead atoms. The summed E-state index contributed by atoms with van der Waals surface area (Å²) in [5, 5.41) is 6.18. The van der Waals surface area contributed by atoms with E-state index in [1.54, 1.807) is 16.8 Å². The van der Waals surface area contributed by atoms with E-state index in [2.05, 4.69) is 21.2 Å². The third-order valence-corrected chi connectivity index (χ3v) is 7.42. The molecule has 0 aliphatic carbocycles. The first-order chi connectivity index (χ1) is 12.0. The van der Waals surface area contributed by atoms with Gasteiger partial charge in [-0.2, -0.15) is 15.6 Å². The van der Waals surface area contributed by atoms with E-state index in [0.29, 0.717) is 13.0 Å². The van der Waals surface area contributed by atoms with Crippen molar-refractivity contribution in [2.24, 2.45) is 0 Å². The van der Waals surface area contributed by atoms with Crippen LogP contribution in [0.2, 0.25) is 0 Å². The Bertz CT molecular complexity index is 820. The Labute approximate surface area is 160 Å². The second-order valence-electron chi connectivity index (χ2n) is 5.94. The van der Waals surface area contributed by atoms with Crippen molar-refractivity contribution in [3.05, 3.63) is 51.1 Å². The number of nitrogens with zero attached hydrogens (tertiary/aromatic N) is 1. The van der Waals surface area contributed by atoms with Crippen LogP contribution in [0.1, 0.15) is 24.8 Å². The molecule has 25 heavy (non-hydrogen) atoms. The maximum Gasteiger partial charge on any atom is 0.244 e. The van der Waals surface area contributed by atoms with Gasteiger partial charge in [-0.1, -0.05) is 28.1 Å². The average Bonchev–Trinajstić information content (AvgIpc) is 3.06. The number of carbonyl (C=O) groups is 1. The summed E-state index contributed by atoms with van der Waals surface area (Å²) >= 11 is 4.72. The molecule has 134 valence electrons. The monoisotopic (exact) mass is 442 g/mol. The SMILES string of the molecule is O=C1NCCCC[C@H]1N(Cc1ccc(Br)cc1)S(=O)(=O)c1ccsc1. The summed E-state index contributed by atoms with van der Waals surface area (Å²) in [4.78, 5) is 12.7. The molecule has 1 aliphatic heterocycles. The standard InChI is InChI=1S/C17H19BrN2O3S2/c18-14-6-4-13(5-7-14)11-20(16-3-1-2-9-19-17(16)21)25(22,23)15-8-10-24-12-15/h4-8,10,12,16H,1-3,9,11H2,(H,19,21)/t16-/m1/s1. The van der Waals surface area contributed by atoms with Crippen LogP contribution in [0, 0.1) is 0 Å². The van der Waals surface area contributed by atoms with Crippen LogP contribution < -0.4 is 5.32 Å². The van der Waals surface area contributed by atoms with Crippen molar-refractivity contribution in [3.63, 3.8) is 0 Å². The van der Waals surface area contributed by atoms with Crippen LogP contribution in [0.5, 0.6) is 0 Å². The summed E-state index contributed by atoms with van der Waals surface area (Å²) in [5.74, 6) is -0.214. The second kappa shape index (κ2) is 7.99. The second-order valence-corrected chi connectivity index (χ2v) is 9.52. The van der Waals surface area contributed by atoms with Crippen LogP contribution in [0.3, 0.4) is 0 Å². The van der Waals surface area contributed by atoms with Gasteiger partial charge in [0.15, 0.2) is 0 Å². The molecule has 1 aromatic carbocycles. The van der Waals surface area contributed by atoms with Crippen LogP contribution in [-0.2, 0) is 21.4 Å². The fourth-order valence-electron chi connectivity index (χ4n) is 2.86. The average molecular weight is 443 g/mol. The molecule has 0 saturated carbocycles. The van der Waals surface area contributed by atoms with Gasteiger partial charge >= 0.3 is 0 Å². The van der Waals surface area contributed by atoms with E-state index < -0.39 is 16.1 Å². The highest BCUT2D eigenvalue weighted by atomic mass is 79.9. The third kappa shape index (κ3) is 4.31. The molecular weight excluding hydrogens is 424 g/mol. The van der Waals surface area contributed by atoms with Crippen LogP contribution in [0.25, 0.3) is 0 Å². The maximum atomic E-state index is 13.2. The topological polar surface area (TPSA) is 66.5 Å². The van der Waals surface area contributed by atoms with Gasteiger partial charge in [0.25, 0.3) is 0 Å². The van der Waals surface area contributed by atoms with Gasteiger partial charge in [-0.3, -0.25) is 4.79 Å². The Hall–Kier alpha value is -1.22. The predicted octanol–water partition coefficient (Wildman–Crippen LogP) is 3.37. The van der Waals surface area contributed by atoms with E-state index in [1.807, 2.05) is 24.3 Å². The Morgan fingerprint density at radius 1 is 1.20 bits per heavy atom. The lowest BCUT2D eigenvalue weighted by Crippen LogP contribution is -2.48. The number of sulfonamides is 1. The first-order valence-electron chi connectivity index (χ1n) is 8.05. The van der Waals surface area contributed by atoms with Crippen molar-refractivity contribution in [3.8, 4) is 0 Å². The number of amides is 1. The van der Waals surface area contributed by atoms with Gasteiger partial charge < -0.3 is 5.32 Å². The zero-order valence-electron chi connectivity index (χ0n) is 13.5. The molecule has 8 heteroatoms. The van der Waals surface area contributed by atoms with E-state index >= 15 is 0 Å². The highest BCUT2D eigenvalue weighted by molar-refractivity contribution is 9.10. The van der Waals surface area contributed by atoms with Gasteiger partial charge in [-0.05, 0) is 48.4 Å². The van der Waals surface area contributed by atoms with Gasteiger partial charge in [0.2, 0.25) is 15.9 Å². The lowest BCUT2D eigenvalue weighted by Gasteiger charge is -2.28. The number of rotatable bonds is 5. The number of thiophene rings is 1. The number of nitrogens with one attached hydrogen (secondary N) is 1. The third-order valence-electron chi connectivity index (χ3n) is 4.21. The molecule has 1 fully saturated rings. The fourth-order valence-corrected chi connectivity index (χ4v) is 5.75. The minimum absolute atomic E-state index is 0.170. The molecule has 0 spiro atoms. The molecule has 1 atom stereocenters. The minimum atomic E-state index is -3.74. The summed E-state index contributed by atoms with van der Waals surface area (Å²) in [6, 6.07) is 8.39. The minimum Gasteiger partial charge on any atom is -0.355 e. The number of hydrogen-bond donors (Lipinski definition) is 1. The van der Waals surface area contributed by atoms with Crippen molar-refractivity contribution >= 4 is 43.2 Å². The molecule has 1 amide bonds. The highest BCUT2D eigenvalue weighted by Gasteiger charge is 2.36. The number of hydrogen-bond acceptors (Lipinski definition) is 4. The molecular formula is C17H19BrN2O3S2. The van der Waals surface area contributed by atoms with Gasteiger partial charge in [0.05, 0.1) is 4.90 Å². The Morgan fingerprint density at radius 3 is 2.64 bits per heavy atom. The van der Waals surface area contributed by atoms with Gasteiger partial charge in [0, 0.05) is 22.9 Å². The number of benzene rings is 1. The van der Waals surface area contributed by atoms with Crippen LogP contribution in [-0.4, -0.2) is 31.2 Å². The van der Waals surface area contributed by atoms with Crippen LogP contribution in [0.15, 0.2) is 50.5 Å². The summed E-state index contributed by atoms with van der Waals surface area (Å²) in [6.45, 7) is 0.767. The molecule has 1 aromatic heterocycles. The molecule has 5 nitrogen and oxygen atoms in total. The molecule has 1 saturated heterocycles. The molecule has 3 rings (SSSR count). The number of halogens is 1. The number of carbonyl (C=O) groups excluding carboxylic acids is 1. The van der Waals surface area contributed by atoms with Crippen molar-refractivity contribution in [1.29, 1.82) is 0 Å². The Balaban J connectivity index is 1.98. The quantitative estimate of drug-likeness (QED) is 0.771. The fraction of sp³-hybridized carbons (Fsp3) is 0.353. The molecule has 1 N–H and O–H groups in total. The summed E-state index contributed by atoms with van der Waals surface area (Å²) in [5.41, 5.74) is 0.846. The smallest absolute Gasteiger partial charge is 0.244 e. The van der Waals surface area contributed by atoms with Gasteiger partial charge in [-0.15, -0.1) is 0 Å². The maximum absolute atomic E-state index is 13.2. The molecule has 2 heterocycles. The molecule has 1 aliphatic rings. The first kappa shape index (κ1) is 18.6. The van der Waals surface area contributed by atoms with E-state index in [4.69, 9.17) is 0 Å². The molecule has 0 radical (unpaired) electrons. The normalized spacial score (nSPS) is 18.8. The molecule has 2 aromatic rings. The largest absolute Gasteiger partial charge is 0.355 e. The van der Waals surface area contributed by atoms with Gasteiger partial charge in [0.1, 0.15) is 6.04 Å². The lowest BCUT2D eigenvalue weighted by molar-refractivity contribution is -0.124. The van der Waals surface area contributed by atoms with Crippen molar-refractivity contribution in [1.82, 2.24) is 9.62 Å². The van der Waals surface area contributed by atoms with Crippen LogP contribution in [0.4, 0.5) is 0 Å².